The Morgan fingerprint density at radius 2 is 2.07 bits per heavy atom. The zero-order valence-corrected chi connectivity index (χ0v) is 9.98. The molecule has 0 saturated heterocycles. The maximum absolute atomic E-state index is 5.81. The molecule has 0 aliphatic heterocycles. The first-order valence-corrected chi connectivity index (χ1v) is 6.78. The van der Waals surface area contributed by atoms with E-state index in [9.17, 15) is 0 Å². The van der Waals surface area contributed by atoms with Crippen molar-refractivity contribution in [1.29, 1.82) is 0 Å². The number of amidine groups is 1. The number of nitrogens with zero attached hydrogens (tertiary/aromatic N) is 1. The zero-order chi connectivity index (χ0) is 10.2. The molecule has 14 heavy (non-hydrogen) atoms. The Bertz CT molecular complexity index is 174. The summed E-state index contributed by atoms with van der Waals surface area (Å²) in [7, 11) is 0. The van der Waals surface area contributed by atoms with E-state index < -0.39 is 0 Å². The lowest BCUT2D eigenvalue weighted by Gasteiger charge is -2.20. The number of thioether (sulfide) groups is 1. The first-order valence-electron chi connectivity index (χ1n) is 5.73. The van der Waals surface area contributed by atoms with Gasteiger partial charge in [-0.05, 0) is 19.3 Å². The van der Waals surface area contributed by atoms with Crippen molar-refractivity contribution in [2.45, 2.75) is 50.7 Å². The van der Waals surface area contributed by atoms with E-state index in [0.29, 0.717) is 0 Å². The maximum Gasteiger partial charge on any atom is 0.104 e. The standard InChI is InChI=1S/C11H22N2S/c1-2-8-13-11(12)9-14-10-6-4-3-5-7-10/h10H,2-9H2,1H3,(H2,12,13). The van der Waals surface area contributed by atoms with Gasteiger partial charge in [-0.1, -0.05) is 26.2 Å². The molecule has 0 aromatic heterocycles. The lowest BCUT2D eigenvalue weighted by atomic mass is 10.0. The highest BCUT2D eigenvalue weighted by atomic mass is 32.2. The highest BCUT2D eigenvalue weighted by molar-refractivity contribution is 8.00. The summed E-state index contributed by atoms with van der Waals surface area (Å²) in [4.78, 5) is 4.30. The van der Waals surface area contributed by atoms with Gasteiger partial charge >= 0.3 is 0 Å². The summed E-state index contributed by atoms with van der Waals surface area (Å²) in [5, 5.41) is 0.846. The van der Waals surface area contributed by atoms with Crippen LogP contribution in [0, 0.1) is 0 Å². The third-order valence-corrected chi connectivity index (χ3v) is 3.96. The molecule has 0 heterocycles. The fraction of sp³-hybridized carbons (Fsp3) is 0.909. The van der Waals surface area contributed by atoms with Gasteiger partial charge in [0, 0.05) is 11.8 Å². The Labute approximate surface area is 91.7 Å². The van der Waals surface area contributed by atoms with Gasteiger partial charge < -0.3 is 5.73 Å². The molecule has 0 atom stereocenters. The van der Waals surface area contributed by atoms with Crippen LogP contribution in [0.5, 0.6) is 0 Å². The molecule has 1 rings (SSSR count). The summed E-state index contributed by atoms with van der Waals surface area (Å²) in [5.41, 5.74) is 5.81. The molecule has 0 aromatic carbocycles. The summed E-state index contributed by atoms with van der Waals surface area (Å²) >= 11 is 2.00. The van der Waals surface area contributed by atoms with Gasteiger partial charge in [0.25, 0.3) is 0 Å². The van der Waals surface area contributed by atoms with Crippen molar-refractivity contribution >= 4 is 17.6 Å². The second-order valence-electron chi connectivity index (χ2n) is 3.94. The lowest BCUT2D eigenvalue weighted by molar-refractivity contribution is 0.516. The fourth-order valence-electron chi connectivity index (χ4n) is 1.74. The van der Waals surface area contributed by atoms with Crippen molar-refractivity contribution in [2.75, 3.05) is 12.3 Å². The average Bonchev–Trinajstić information content (AvgIpc) is 2.25. The topological polar surface area (TPSA) is 38.4 Å². The second kappa shape index (κ2) is 7.16. The minimum Gasteiger partial charge on any atom is -0.387 e. The highest BCUT2D eigenvalue weighted by Crippen LogP contribution is 2.27. The monoisotopic (exact) mass is 214 g/mol. The summed E-state index contributed by atoms with van der Waals surface area (Å²) in [6.07, 6.45) is 8.09. The average molecular weight is 214 g/mol. The minimum absolute atomic E-state index is 0.836. The maximum atomic E-state index is 5.81. The smallest absolute Gasteiger partial charge is 0.104 e. The Morgan fingerprint density at radius 3 is 2.71 bits per heavy atom. The van der Waals surface area contributed by atoms with Crippen LogP contribution in [-0.2, 0) is 0 Å². The van der Waals surface area contributed by atoms with E-state index in [1.165, 1.54) is 32.1 Å². The van der Waals surface area contributed by atoms with Gasteiger partial charge in [0.2, 0.25) is 0 Å². The van der Waals surface area contributed by atoms with Crippen LogP contribution in [0.1, 0.15) is 45.4 Å². The number of aliphatic imine (C=N–C) groups is 1. The van der Waals surface area contributed by atoms with Crippen molar-refractivity contribution in [3.63, 3.8) is 0 Å². The van der Waals surface area contributed by atoms with Crippen molar-refractivity contribution in [1.82, 2.24) is 0 Å². The van der Waals surface area contributed by atoms with E-state index in [-0.39, 0.29) is 0 Å². The third-order valence-electron chi connectivity index (χ3n) is 2.56. The van der Waals surface area contributed by atoms with Crippen molar-refractivity contribution < 1.29 is 0 Å². The molecule has 0 aromatic rings. The van der Waals surface area contributed by atoms with Crippen molar-refractivity contribution in [3.8, 4) is 0 Å². The van der Waals surface area contributed by atoms with Gasteiger partial charge in [-0.3, -0.25) is 4.99 Å². The molecule has 3 heteroatoms. The van der Waals surface area contributed by atoms with Gasteiger partial charge in [-0.15, -0.1) is 0 Å². The number of nitrogens with two attached hydrogens (primary N) is 1. The first-order chi connectivity index (χ1) is 6.83. The molecule has 1 aliphatic rings. The van der Waals surface area contributed by atoms with E-state index in [0.717, 1.165) is 29.8 Å². The quantitative estimate of drug-likeness (QED) is 0.564. The summed E-state index contributed by atoms with van der Waals surface area (Å²) < 4.78 is 0. The highest BCUT2D eigenvalue weighted by Gasteiger charge is 2.13. The Balaban J connectivity index is 2.11. The van der Waals surface area contributed by atoms with E-state index >= 15 is 0 Å². The molecule has 2 nitrogen and oxygen atoms in total. The Morgan fingerprint density at radius 1 is 1.36 bits per heavy atom. The zero-order valence-electron chi connectivity index (χ0n) is 9.17. The number of hydrogen-bond donors (Lipinski definition) is 1. The summed E-state index contributed by atoms with van der Waals surface area (Å²) in [5.74, 6) is 1.77. The summed E-state index contributed by atoms with van der Waals surface area (Å²) in [6.45, 7) is 3.02. The lowest BCUT2D eigenvalue weighted by Crippen LogP contribution is -2.18. The SMILES string of the molecule is CCCN=C(N)CSC1CCCCC1. The van der Waals surface area contributed by atoms with Crippen LogP contribution in [-0.4, -0.2) is 23.4 Å². The van der Waals surface area contributed by atoms with Crippen LogP contribution in [0.15, 0.2) is 4.99 Å². The van der Waals surface area contributed by atoms with Gasteiger partial charge in [0.1, 0.15) is 5.84 Å². The number of rotatable bonds is 5. The summed E-state index contributed by atoms with van der Waals surface area (Å²) in [6, 6.07) is 0. The molecule has 0 spiro atoms. The van der Waals surface area contributed by atoms with E-state index in [2.05, 4.69) is 11.9 Å². The molecule has 1 fully saturated rings. The van der Waals surface area contributed by atoms with E-state index in [1.807, 2.05) is 11.8 Å². The van der Waals surface area contributed by atoms with Crippen LogP contribution in [0.3, 0.4) is 0 Å². The van der Waals surface area contributed by atoms with Crippen LogP contribution in [0.25, 0.3) is 0 Å². The van der Waals surface area contributed by atoms with E-state index in [4.69, 9.17) is 5.73 Å². The predicted octanol–water partition coefficient (Wildman–Crippen LogP) is 2.82. The van der Waals surface area contributed by atoms with Crippen LogP contribution in [0.2, 0.25) is 0 Å². The second-order valence-corrected chi connectivity index (χ2v) is 5.23. The third kappa shape index (κ3) is 4.89. The van der Waals surface area contributed by atoms with Gasteiger partial charge in [-0.2, -0.15) is 11.8 Å². The van der Waals surface area contributed by atoms with Crippen LogP contribution in [0.4, 0.5) is 0 Å². The normalized spacial score (nSPS) is 19.9. The molecule has 0 bridgehead atoms. The molecular weight excluding hydrogens is 192 g/mol. The predicted molar refractivity (Wildman–Crippen MR) is 66.1 cm³/mol. The molecule has 1 aliphatic carbocycles. The molecule has 1 saturated carbocycles. The minimum atomic E-state index is 0.836. The fourth-order valence-corrected chi connectivity index (χ4v) is 2.90. The van der Waals surface area contributed by atoms with Gasteiger partial charge in [0.05, 0.1) is 5.75 Å². The Kier molecular flexibility index (Phi) is 6.08. The largest absolute Gasteiger partial charge is 0.387 e. The van der Waals surface area contributed by atoms with Gasteiger partial charge in [-0.25, -0.2) is 0 Å². The van der Waals surface area contributed by atoms with E-state index in [1.54, 1.807) is 0 Å². The molecule has 82 valence electrons. The van der Waals surface area contributed by atoms with Crippen molar-refractivity contribution in [3.05, 3.63) is 0 Å². The van der Waals surface area contributed by atoms with Crippen LogP contribution < -0.4 is 5.73 Å². The van der Waals surface area contributed by atoms with Gasteiger partial charge in [0.15, 0.2) is 0 Å². The molecular formula is C11H22N2S. The van der Waals surface area contributed by atoms with Crippen LogP contribution >= 0.6 is 11.8 Å². The first kappa shape index (κ1) is 11.9. The number of hydrogen-bond acceptors (Lipinski definition) is 2. The molecule has 2 N–H and O–H groups in total. The Hall–Kier alpha value is -0.180. The molecule has 0 unspecified atom stereocenters. The van der Waals surface area contributed by atoms with Crippen molar-refractivity contribution in [2.24, 2.45) is 10.7 Å². The molecule has 0 amide bonds. The molecule has 0 radical (unpaired) electrons.